The topological polar surface area (TPSA) is 113 Å². The fraction of sp³-hybridized carbons (Fsp3) is 0.222. The van der Waals surface area contributed by atoms with E-state index in [-0.39, 0.29) is 11.6 Å². The summed E-state index contributed by atoms with van der Waals surface area (Å²) in [6.07, 6.45) is 2.52. The zero-order chi connectivity index (χ0) is 19.4. The molecule has 2 N–H and O–H groups in total. The second kappa shape index (κ2) is 7.73. The van der Waals surface area contributed by atoms with Crippen molar-refractivity contribution in [1.82, 2.24) is 14.7 Å². The summed E-state index contributed by atoms with van der Waals surface area (Å²) in [7, 11) is 1.50. The highest BCUT2D eigenvalue weighted by molar-refractivity contribution is 6.04. The van der Waals surface area contributed by atoms with Gasteiger partial charge in [0.05, 0.1) is 6.20 Å². The van der Waals surface area contributed by atoms with Crippen molar-refractivity contribution in [2.75, 3.05) is 16.8 Å². The summed E-state index contributed by atoms with van der Waals surface area (Å²) in [6.45, 7) is 2.96. The van der Waals surface area contributed by atoms with E-state index in [1.165, 1.54) is 24.1 Å². The molecule has 0 atom stereocenters. The predicted octanol–water partition coefficient (Wildman–Crippen LogP) is 1.75. The van der Waals surface area contributed by atoms with Gasteiger partial charge in [0.25, 0.3) is 11.5 Å². The lowest BCUT2D eigenvalue weighted by molar-refractivity contribution is 0.101. The van der Waals surface area contributed by atoms with Crippen LogP contribution in [0.4, 0.5) is 11.6 Å². The van der Waals surface area contributed by atoms with Crippen LogP contribution in [0.2, 0.25) is 0 Å². The molecule has 1 amide bonds. The molecule has 27 heavy (non-hydrogen) atoms. The molecule has 2 aromatic heterocycles. The molecule has 0 aliphatic rings. The normalized spacial score (nSPS) is 10.6. The number of carbonyl (C=O) groups excluding carboxylic acids is 1. The number of hydrogen-bond acceptors (Lipinski definition) is 7. The van der Waals surface area contributed by atoms with Crippen LogP contribution < -0.4 is 15.8 Å². The van der Waals surface area contributed by atoms with Gasteiger partial charge < -0.3 is 19.8 Å². The molecule has 2 heterocycles. The number of anilines is 2. The van der Waals surface area contributed by atoms with Gasteiger partial charge in [0.2, 0.25) is 11.7 Å². The average Bonchev–Trinajstić information content (AvgIpc) is 3.18. The molecule has 9 nitrogen and oxygen atoms in total. The molecule has 3 rings (SSSR count). The van der Waals surface area contributed by atoms with E-state index in [9.17, 15) is 14.7 Å². The molecular formula is C18H19N5O4. The largest absolute Gasteiger partial charge is 0.501 e. The fourth-order valence-corrected chi connectivity index (χ4v) is 2.60. The van der Waals surface area contributed by atoms with Crippen LogP contribution in [-0.4, -0.2) is 32.3 Å². The number of aromatic hydroxyl groups is 1. The molecule has 0 spiro atoms. The van der Waals surface area contributed by atoms with Crippen molar-refractivity contribution in [1.29, 1.82) is 0 Å². The highest BCUT2D eigenvalue weighted by Gasteiger charge is 2.23. The van der Waals surface area contributed by atoms with Gasteiger partial charge in [-0.1, -0.05) is 35.5 Å². The third kappa shape index (κ3) is 3.81. The first kappa shape index (κ1) is 18.2. The fourth-order valence-electron chi connectivity index (χ4n) is 2.60. The van der Waals surface area contributed by atoms with Crippen molar-refractivity contribution >= 4 is 17.5 Å². The van der Waals surface area contributed by atoms with E-state index < -0.39 is 17.2 Å². The van der Waals surface area contributed by atoms with Crippen molar-refractivity contribution < 1.29 is 14.4 Å². The van der Waals surface area contributed by atoms with Crippen molar-refractivity contribution in [2.45, 2.75) is 13.5 Å². The summed E-state index contributed by atoms with van der Waals surface area (Å²) in [6, 6.07) is 9.68. The molecule has 0 fully saturated rings. The van der Waals surface area contributed by atoms with Crippen LogP contribution in [0.1, 0.15) is 23.0 Å². The maximum atomic E-state index is 12.4. The Hall–Kier alpha value is -3.62. The Morgan fingerprint density at radius 1 is 1.33 bits per heavy atom. The average molecular weight is 369 g/mol. The van der Waals surface area contributed by atoms with E-state index in [1.54, 1.807) is 0 Å². The minimum Gasteiger partial charge on any atom is -0.501 e. The van der Waals surface area contributed by atoms with Gasteiger partial charge in [0.15, 0.2) is 5.69 Å². The van der Waals surface area contributed by atoms with Crippen LogP contribution in [0.25, 0.3) is 0 Å². The lowest BCUT2D eigenvalue weighted by atomic mass is 10.2. The molecule has 9 heteroatoms. The summed E-state index contributed by atoms with van der Waals surface area (Å²) in [5.41, 5.74) is 0.250. The molecule has 0 radical (unpaired) electrons. The van der Waals surface area contributed by atoms with Crippen molar-refractivity contribution in [3.8, 4) is 5.75 Å². The Bertz CT molecular complexity index is 983. The zero-order valence-corrected chi connectivity index (χ0v) is 14.9. The summed E-state index contributed by atoms with van der Waals surface area (Å²) in [4.78, 5) is 31.0. The lowest BCUT2D eigenvalue weighted by Gasteiger charge is -2.24. The number of hydrogen-bond donors (Lipinski definition) is 2. The van der Waals surface area contributed by atoms with Gasteiger partial charge in [-0.25, -0.2) is 4.98 Å². The summed E-state index contributed by atoms with van der Waals surface area (Å²) >= 11 is 0. The molecule has 0 saturated carbocycles. The van der Waals surface area contributed by atoms with Crippen molar-refractivity contribution in [2.24, 2.45) is 7.05 Å². The Kier molecular flexibility index (Phi) is 5.20. The van der Waals surface area contributed by atoms with Crippen molar-refractivity contribution in [3.63, 3.8) is 0 Å². The summed E-state index contributed by atoms with van der Waals surface area (Å²) in [5.74, 6) is -1.17. The highest BCUT2D eigenvalue weighted by atomic mass is 16.5. The first-order valence-corrected chi connectivity index (χ1v) is 8.30. The maximum Gasteiger partial charge on any atom is 0.297 e. The highest BCUT2D eigenvalue weighted by Crippen LogP contribution is 2.19. The van der Waals surface area contributed by atoms with Crippen LogP contribution in [0.5, 0.6) is 5.75 Å². The van der Waals surface area contributed by atoms with Crippen LogP contribution in [-0.2, 0) is 13.6 Å². The number of aromatic nitrogens is 3. The lowest BCUT2D eigenvalue weighted by Crippen LogP contribution is -2.33. The molecular weight excluding hydrogens is 350 g/mol. The van der Waals surface area contributed by atoms with Gasteiger partial charge in [0.1, 0.15) is 12.0 Å². The third-order valence-electron chi connectivity index (χ3n) is 4.03. The van der Waals surface area contributed by atoms with Crippen molar-refractivity contribution in [3.05, 3.63) is 64.4 Å². The first-order valence-electron chi connectivity index (χ1n) is 8.30. The predicted molar refractivity (Wildman–Crippen MR) is 98.8 cm³/mol. The van der Waals surface area contributed by atoms with Gasteiger partial charge in [-0.3, -0.25) is 14.2 Å². The quantitative estimate of drug-likeness (QED) is 0.680. The van der Waals surface area contributed by atoms with Gasteiger partial charge in [-0.05, 0) is 12.5 Å². The van der Waals surface area contributed by atoms with E-state index in [1.807, 2.05) is 42.2 Å². The van der Waals surface area contributed by atoms with E-state index in [2.05, 4.69) is 20.0 Å². The van der Waals surface area contributed by atoms with E-state index in [0.717, 1.165) is 5.56 Å². The van der Waals surface area contributed by atoms with Gasteiger partial charge in [-0.15, -0.1) is 0 Å². The SMILES string of the molecule is CCN(Cc1ccccc1)c1nc(C(=O)Nc2cnoc2)c(O)c(=O)n1C. The van der Waals surface area contributed by atoms with Crippen LogP contribution >= 0.6 is 0 Å². The van der Waals surface area contributed by atoms with E-state index >= 15 is 0 Å². The Morgan fingerprint density at radius 2 is 2.07 bits per heavy atom. The number of rotatable bonds is 6. The molecule has 0 aliphatic heterocycles. The molecule has 0 saturated heterocycles. The Labute approximate surface area is 154 Å². The van der Waals surface area contributed by atoms with Crippen LogP contribution in [0, 0.1) is 0 Å². The first-order chi connectivity index (χ1) is 13.0. The molecule has 0 bridgehead atoms. The van der Waals surface area contributed by atoms with Crippen LogP contribution in [0.3, 0.4) is 0 Å². The number of amides is 1. The minimum atomic E-state index is -0.731. The molecule has 0 unspecified atom stereocenters. The van der Waals surface area contributed by atoms with E-state index in [0.29, 0.717) is 18.8 Å². The number of nitrogens with one attached hydrogen (secondary N) is 1. The molecule has 1 aromatic carbocycles. The van der Waals surface area contributed by atoms with E-state index in [4.69, 9.17) is 0 Å². The standard InChI is InChI=1S/C18H19N5O4/c1-3-23(10-12-7-5-4-6-8-12)18-21-14(15(24)17(26)22(18)2)16(25)20-13-9-19-27-11-13/h4-9,11,24H,3,10H2,1-2H3,(H,20,25). The van der Waals surface area contributed by atoms with Gasteiger partial charge in [-0.2, -0.15) is 0 Å². The second-order valence-electron chi connectivity index (χ2n) is 5.84. The third-order valence-corrected chi connectivity index (χ3v) is 4.03. The zero-order valence-electron chi connectivity index (χ0n) is 14.9. The number of nitrogens with zero attached hydrogens (tertiary/aromatic N) is 4. The monoisotopic (exact) mass is 369 g/mol. The minimum absolute atomic E-state index is 0.277. The van der Waals surface area contributed by atoms with Gasteiger partial charge in [0, 0.05) is 20.1 Å². The molecule has 0 aliphatic carbocycles. The molecule has 3 aromatic rings. The number of carbonyl (C=O) groups is 1. The van der Waals surface area contributed by atoms with Gasteiger partial charge >= 0.3 is 0 Å². The summed E-state index contributed by atoms with van der Waals surface area (Å²) in [5, 5.41) is 16.1. The Morgan fingerprint density at radius 3 is 2.70 bits per heavy atom. The summed E-state index contributed by atoms with van der Waals surface area (Å²) < 4.78 is 5.87. The maximum absolute atomic E-state index is 12.4. The molecule has 140 valence electrons. The van der Waals surface area contributed by atoms with Crippen LogP contribution in [0.15, 0.2) is 52.1 Å². The number of benzene rings is 1. The Balaban J connectivity index is 1.98. The second-order valence-corrected chi connectivity index (χ2v) is 5.84. The smallest absolute Gasteiger partial charge is 0.297 e.